The summed E-state index contributed by atoms with van der Waals surface area (Å²) in [5.41, 5.74) is 6.34. The van der Waals surface area contributed by atoms with E-state index in [0.29, 0.717) is 12.8 Å². The zero-order valence-corrected chi connectivity index (χ0v) is 6.66. The van der Waals surface area contributed by atoms with E-state index in [1.54, 1.807) is 0 Å². The third-order valence-corrected chi connectivity index (χ3v) is 1.70. The average Bonchev–Trinajstić information content (AvgIpc) is 2.51. The summed E-state index contributed by atoms with van der Waals surface area (Å²) < 4.78 is 0. The van der Waals surface area contributed by atoms with Gasteiger partial charge in [-0.1, -0.05) is 0 Å². The lowest BCUT2D eigenvalue weighted by molar-refractivity contribution is -0.138. The van der Waals surface area contributed by atoms with Crippen molar-refractivity contribution in [1.82, 2.24) is 4.98 Å². The van der Waals surface area contributed by atoms with E-state index in [-0.39, 0.29) is 0 Å². The van der Waals surface area contributed by atoms with Crippen molar-refractivity contribution in [1.29, 1.82) is 0 Å². The number of aliphatic carboxylic acids is 1. The molecule has 0 saturated carbocycles. The lowest BCUT2D eigenvalue weighted by atomic mass is 10.1. The van der Waals surface area contributed by atoms with Crippen molar-refractivity contribution >= 4 is 5.97 Å². The molecule has 0 bridgehead atoms. The predicted octanol–water partition coefficient (Wildman–Crippen LogP) is 0.359. The van der Waals surface area contributed by atoms with Crippen LogP contribution >= 0.6 is 0 Å². The van der Waals surface area contributed by atoms with Crippen LogP contribution in [0.25, 0.3) is 0 Å². The lowest BCUT2D eigenvalue weighted by Gasteiger charge is -2.03. The fraction of sp³-hybridized carbons (Fsp3) is 0.375. The van der Waals surface area contributed by atoms with Gasteiger partial charge in [0.05, 0.1) is 0 Å². The summed E-state index contributed by atoms with van der Waals surface area (Å²) in [6, 6.07) is 3.03. The van der Waals surface area contributed by atoms with Crippen LogP contribution < -0.4 is 5.73 Å². The maximum Gasteiger partial charge on any atom is 0.320 e. The minimum Gasteiger partial charge on any atom is -0.480 e. The largest absolute Gasteiger partial charge is 0.480 e. The summed E-state index contributed by atoms with van der Waals surface area (Å²) in [4.78, 5) is 13.3. The highest BCUT2D eigenvalue weighted by Crippen LogP contribution is 2.00. The van der Waals surface area contributed by atoms with E-state index in [0.717, 1.165) is 5.69 Å². The molecule has 0 aromatic carbocycles. The van der Waals surface area contributed by atoms with E-state index < -0.39 is 12.0 Å². The molecular weight excluding hydrogens is 156 g/mol. The Hall–Kier alpha value is -1.29. The van der Waals surface area contributed by atoms with Gasteiger partial charge >= 0.3 is 5.97 Å². The van der Waals surface area contributed by atoms with Gasteiger partial charge in [0, 0.05) is 11.9 Å². The number of carbonyl (C=O) groups is 1. The Morgan fingerprint density at radius 3 is 3.00 bits per heavy atom. The fourth-order valence-electron chi connectivity index (χ4n) is 0.958. The van der Waals surface area contributed by atoms with Gasteiger partial charge in [-0.25, -0.2) is 0 Å². The smallest absolute Gasteiger partial charge is 0.320 e. The number of aryl methyl sites for hydroxylation is 1. The van der Waals surface area contributed by atoms with E-state index in [2.05, 4.69) is 4.98 Å². The Balaban J connectivity index is 2.31. The molecule has 0 fully saturated rings. The van der Waals surface area contributed by atoms with Crippen LogP contribution in [0.3, 0.4) is 0 Å². The molecule has 1 atom stereocenters. The summed E-state index contributed by atoms with van der Waals surface area (Å²) >= 11 is 0. The van der Waals surface area contributed by atoms with Crippen molar-refractivity contribution in [3.8, 4) is 0 Å². The van der Waals surface area contributed by atoms with Gasteiger partial charge in [0.25, 0.3) is 0 Å². The molecule has 0 amide bonds. The van der Waals surface area contributed by atoms with E-state index in [4.69, 9.17) is 10.8 Å². The van der Waals surface area contributed by atoms with E-state index in [9.17, 15) is 4.79 Å². The number of nitrogens with two attached hydrogens (primary N) is 1. The molecule has 66 valence electrons. The van der Waals surface area contributed by atoms with Gasteiger partial charge in [0.1, 0.15) is 6.04 Å². The van der Waals surface area contributed by atoms with Crippen molar-refractivity contribution in [3.63, 3.8) is 0 Å². The Labute approximate surface area is 70.4 Å². The Bertz CT molecular complexity index is 244. The number of rotatable bonds is 4. The summed E-state index contributed by atoms with van der Waals surface area (Å²) in [6.07, 6.45) is 2.96. The van der Waals surface area contributed by atoms with Crippen molar-refractivity contribution in [2.45, 2.75) is 18.9 Å². The first-order valence-corrected chi connectivity index (χ1v) is 3.81. The summed E-state index contributed by atoms with van der Waals surface area (Å²) in [7, 11) is 0. The van der Waals surface area contributed by atoms with Gasteiger partial charge in [0.15, 0.2) is 0 Å². The molecule has 0 aliphatic heterocycles. The second kappa shape index (κ2) is 3.92. The van der Waals surface area contributed by atoms with Gasteiger partial charge in [-0.05, 0) is 25.0 Å². The number of carboxylic acid groups (broad SMARTS) is 1. The Morgan fingerprint density at radius 1 is 1.75 bits per heavy atom. The third kappa shape index (κ3) is 2.39. The number of hydrogen-bond acceptors (Lipinski definition) is 2. The number of H-pyrrole nitrogens is 1. The highest BCUT2D eigenvalue weighted by atomic mass is 16.4. The molecule has 0 spiro atoms. The predicted molar refractivity (Wildman–Crippen MR) is 44.7 cm³/mol. The maximum absolute atomic E-state index is 10.3. The van der Waals surface area contributed by atoms with Gasteiger partial charge in [-0.2, -0.15) is 0 Å². The fourth-order valence-corrected chi connectivity index (χ4v) is 0.958. The molecule has 4 nitrogen and oxygen atoms in total. The van der Waals surface area contributed by atoms with Crippen LogP contribution in [0.2, 0.25) is 0 Å². The number of carboxylic acids is 1. The second-order valence-corrected chi connectivity index (χ2v) is 2.68. The van der Waals surface area contributed by atoms with Gasteiger partial charge in [-0.3, -0.25) is 4.79 Å². The number of hydrogen-bond donors (Lipinski definition) is 3. The minimum atomic E-state index is -0.943. The first kappa shape index (κ1) is 8.80. The van der Waals surface area contributed by atoms with Crippen molar-refractivity contribution in [2.75, 3.05) is 0 Å². The molecule has 0 radical (unpaired) electrons. The molecule has 0 aliphatic rings. The zero-order chi connectivity index (χ0) is 8.97. The van der Waals surface area contributed by atoms with Gasteiger partial charge < -0.3 is 15.8 Å². The zero-order valence-electron chi connectivity index (χ0n) is 6.66. The van der Waals surface area contributed by atoms with Crippen LogP contribution in [-0.4, -0.2) is 22.1 Å². The van der Waals surface area contributed by atoms with Crippen LogP contribution in [0.5, 0.6) is 0 Å². The number of nitrogens with one attached hydrogen (secondary N) is 1. The monoisotopic (exact) mass is 168 g/mol. The molecule has 1 aromatic heterocycles. The first-order chi connectivity index (χ1) is 5.70. The van der Waals surface area contributed by atoms with Crippen molar-refractivity contribution in [3.05, 3.63) is 24.0 Å². The normalized spacial score (nSPS) is 12.8. The van der Waals surface area contributed by atoms with Crippen LogP contribution in [0.1, 0.15) is 12.1 Å². The first-order valence-electron chi connectivity index (χ1n) is 3.81. The highest BCUT2D eigenvalue weighted by Gasteiger charge is 2.10. The molecule has 0 aliphatic carbocycles. The molecule has 4 heteroatoms. The molecule has 0 saturated heterocycles. The van der Waals surface area contributed by atoms with Crippen LogP contribution in [-0.2, 0) is 11.2 Å². The summed E-state index contributed by atoms with van der Waals surface area (Å²) in [5, 5.41) is 8.48. The van der Waals surface area contributed by atoms with E-state index in [1.165, 1.54) is 0 Å². The quantitative estimate of drug-likeness (QED) is 0.607. The van der Waals surface area contributed by atoms with E-state index >= 15 is 0 Å². The van der Waals surface area contributed by atoms with Crippen LogP contribution in [0.4, 0.5) is 0 Å². The average molecular weight is 168 g/mol. The molecule has 12 heavy (non-hydrogen) atoms. The highest BCUT2D eigenvalue weighted by molar-refractivity contribution is 5.72. The molecule has 1 aromatic rings. The SMILES string of the molecule is NC(CCc1ccc[nH]1)C(=O)O. The maximum atomic E-state index is 10.3. The summed E-state index contributed by atoms with van der Waals surface area (Å²) in [5.74, 6) is -0.943. The third-order valence-electron chi connectivity index (χ3n) is 1.70. The standard InChI is InChI=1S/C8H12N2O2/c9-7(8(11)12)4-3-6-2-1-5-10-6/h1-2,5,7,10H,3-4,9H2,(H,11,12). The molecule has 1 rings (SSSR count). The summed E-state index contributed by atoms with van der Waals surface area (Å²) in [6.45, 7) is 0. The Morgan fingerprint density at radius 2 is 2.50 bits per heavy atom. The Kier molecular flexibility index (Phi) is 2.88. The molecule has 1 unspecified atom stereocenters. The molecular formula is C8H12N2O2. The number of aromatic amines is 1. The molecule has 4 N–H and O–H groups in total. The second-order valence-electron chi connectivity index (χ2n) is 2.68. The molecule has 1 heterocycles. The van der Waals surface area contributed by atoms with Crippen LogP contribution in [0.15, 0.2) is 18.3 Å². The van der Waals surface area contributed by atoms with Crippen molar-refractivity contribution < 1.29 is 9.90 Å². The topological polar surface area (TPSA) is 79.1 Å². The van der Waals surface area contributed by atoms with E-state index in [1.807, 2.05) is 18.3 Å². The van der Waals surface area contributed by atoms with Crippen LogP contribution in [0, 0.1) is 0 Å². The minimum absolute atomic E-state index is 0.468. The van der Waals surface area contributed by atoms with Gasteiger partial charge in [-0.15, -0.1) is 0 Å². The lowest BCUT2D eigenvalue weighted by Crippen LogP contribution is -2.30. The van der Waals surface area contributed by atoms with Crippen molar-refractivity contribution in [2.24, 2.45) is 5.73 Å². The number of aromatic nitrogens is 1. The van der Waals surface area contributed by atoms with Gasteiger partial charge in [0.2, 0.25) is 0 Å².